The third kappa shape index (κ3) is 4.13. The van der Waals surface area contributed by atoms with Crippen molar-refractivity contribution >= 4 is 27.3 Å². The van der Waals surface area contributed by atoms with Crippen LogP contribution in [0.15, 0.2) is 41.1 Å². The van der Waals surface area contributed by atoms with Gasteiger partial charge >= 0.3 is 5.97 Å². The van der Waals surface area contributed by atoms with Crippen LogP contribution in [0.4, 0.5) is 0 Å². The van der Waals surface area contributed by atoms with Crippen molar-refractivity contribution in [1.29, 1.82) is 0 Å². The average Bonchev–Trinajstić information content (AvgIpc) is 2.91. The SMILES string of the molecule is CN(Cc1ccsc1)S(=O)(=O)Cc1cccc(C(=O)O)c1. The molecular weight excluding hydrogens is 310 g/mol. The third-order valence-electron chi connectivity index (χ3n) is 2.98. The first kappa shape index (κ1) is 15.7. The number of rotatable bonds is 6. The van der Waals surface area contributed by atoms with Crippen LogP contribution in [0, 0.1) is 0 Å². The summed E-state index contributed by atoms with van der Waals surface area (Å²) in [7, 11) is -1.96. The lowest BCUT2D eigenvalue weighted by Gasteiger charge is -2.16. The second-order valence-corrected chi connectivity index (χ2v) is 7.51. The Morgan fingerprint density at radius 3 is 2.67 bits per heavy atom. The van der Waals surface area contributed by atoms with Gasteiger partial charge in [0, 0.05) is 13.6 Å². The van der Waals surface area contributed by atoms with Crippen molar-refractivity contribution in [2.24, 2.45) is 0 Å². The van der Waals surface area contributed by atoms with Crippen LogP contribution in [-0.4, -0.2) is 30.8 Å². The number of hydrogen-bond acceptors (Lipinski definition) is 4. The Hall–Kier alpha value is -1.70. The molecule has 0 amide bonds. The van der Waals surface area contributed by atoms with Crippen LogP contribution in [0.3, 0.4) is 0 Å². The Bertz CT molecular complexity index is 723. The number of sulfonamides is 1. The first-order valence-electron chi connectivity index (χ1n) is 6.16. The van der Waals surface area contributed by atoms with Gasteiger partial charge in [-0.2, -0.15) is 11.3 Å². The highest BCUT2D eigenvalue weighted by molar-refractivity contribution is 7.88. The van der Waals surface area contributed by atoms with E-state index in [1.54, 1.807) is 12.1 Å². The molecule has 112 valence electrons. The monoisotopic (exact) mass is 325 g/mol. The van der Waals surface area contributed by atoms with Crippen LogP contribution in [0.2, 0.25) is 0 Å². The molecule has 0 bridgehead atoms. The lowest BCUT2D eigenvalue weighted by molar-refractivity contribution is 0.0696. The zero-order valence-electron chi connectivity index (χ0n) is 11.4. The van der Waals surface area contributed by atoms with Gasteiger partial charge in [-0.3, -0.25) is 0 Å². The molecule has 0 aliphatic rings. The highest BCUT2D eigenvalue weighted by atomic mass is 32.2. The van der Waals surface area contributed by atoms with Crippen LogP contribution in [0.1, 0.15) is 21.5 Å². The lowest BCUT2D eigenvalue weighted by atomic mass is 10.1. The first-order valence-corrected chi connectivity index (χ1v) is 8.71. The molecule has 1 aromatic heterocycles. The van der Waals surface area contributed by atoms with Crippen molar-refractivity contribution < 1.29 is 18.3 Å². The molecule has 0 spiro atoms. The standard InChI is InChI=1S/C14H15NO4S2/c1-15(8-12-5-6-20-9-12)21(18,19)10-11-3-2-4-13(7-11)14(16)17/h2-7,9H,8,10H2,1H3,(H,16,17). The summed E-state index contributed by atoms with van der Waals surface area (Å²) in [5.41, 5.74) is 1.49. The molecule has 2 aromatic rings. The molecule has 0 radical (unpaired) electrons. The van der Waals surface area contributed by atoms with Gasteiger partial charge in [0.25, 0.3) is 0 Å². The summed E-state index contributed by atoms with van der Waals surface area (Å²) in [5, 5.41) is 12.7. The minimum absolute atomic E-state index is 0.0863. The molecule has 1 aromatic carbocycles. The van der Waals surface area contributed by atoms with Gasteiger partial charge in [-0.25, -0.2) is 17.5 Å². The van der Waals surface area contributed by atoms with Crippen LogP contribution in [0.5, 0.6) is 0 Å². The fourth-order valence-corrected chi connectivity index (χ4v) is 3.68. The van der Waals surface area contributed by atoms with Crippen molar-refractivity contribution in [3.05, 3.63) is 57.8 Å². The van der Waals surface area contributed by atoms with Gasteiger partial charge in [0.15, 0.2) is 0 Å². The van der Waals surface area contributed by atoms with E-state index in [1.807, 2.05) is 16.8 Å². The van der Waals surface area contributed by atoms with E-state index in [9.17, 15) is 13.2 Å². The number of aromatic carboxylic acids is 1. The molecular formula is C14H15NO4S2. The summed E-state index contributed by atoms with van der Waals surface area (Å²) in [6.07, 6.45) is 0. The van der Waals surface area contributed by atoms with Crippen LogP contribution in [0.25, 0.3) is 0 Å². The highest BCUT2D eigenvalue weighted by Crippen LogP contribution is 2.15. The summed E-state index contributed by atoms with van der Waals surface area (Å²) in [6.45, 7) is 0.310. The topological polar surface area (TPSA) is 74.7 Å². The van der Waals surface area contributed by atoms with Gasteiger partial charge < -0.3 is 5.11 Å². The summed E-state index contributed by atoms with van der Waals surface area (Å²) in [6, 6.07) is 7.86. The Labute approximate surface area is 127 Å². The van der Waals surface area contributed by atoms with Gasteiger partial charge in [0.2, 0.25) is 10.0 Å². The quantitative estimate of drug-likeness (QED) is 0.885. The van der Waals surface area contributed by atoms with Crippen molar-refractivity contribution in [3.63, 3.8) is 0 Å². The molecule has 21 heavy (non-hydrogen) atoms. The zero-order valence-corrected chi connectivity index (χ0v) is 13.0. The van der Waals surface area contributed by atoms with Crippen LogP contribution >= 0.6 is 11.3 Å². The molecule has 0 aliphatic carbocycles. The Morgan fingerprint density at radius 1 is 1.29 bits per heavy atom. The number of benzene rings is 1. The normalized spacial score (nSPS) is 11.7. The number of carboxylic acid groups (broad SMARTS) is 1. The Balaban J connectivity index is 2.13. The van der Waals surface area contributed by atoms with E-state index in [4.69, 9.17) is 5.11 Å². The maximum absolute atomic E-state index is 12.3. The van der Waals surface area contributed by atoms with E-state index in [0.717, 1.165) is 5.56 Å². The minimum Gasteiger partial charge on any atom is -0.478 e. The fraction of sp³-hybridized carbons (Fsp3) is 0.214. The summed E-state index contributed by atoms with van der Waals surface area (Å²) >= 11 is 1.51. The molecule has 0 atom stereocenters. The van der Waals surface area contributed by atoms with Gasteiger partial charge in [-0.05, 0) is 40.1 Å². The number of carbonyl (C=O) groups is 1. The van der Waals surface area contributed by atoms with Crippen molar-refractivity contribution in [2.75, 3.05) is 7.05 Å². The molecule has 1 N–H and O–H groups in total. The van der Waals surface area contributed by atoms with E-state index >= 15 is 0 Å². The lowest BCUT2D eigenvalue weighted by Crippen LogP contribution is -2.27. The molecule has 7 heteroatoms. The van der Waals surface area contributed by atoms with E-state index in [-0.39, 0.29) is 11.3 Å². The summed E-state index contributed by atoms with van der Waals surface area (Å²) < 4.78 is 25.9. The van der Waals surface area contributed by atoms with Gasteiger partial charge in [-0.15, -0.1) is 0 Å². The highest BCUT2D eigenvalue weighted by Gasteiger charge is 2.19. The first-order chi connectivity index (χ1) is 9.88. The fourth-order valence-electron chi connectivity index (χ4n) is 1.85. The number of hydrogen-bond donors (Lipinski definition) is 1. The van der Waals surface area contributed by atoms with Crippen LogP contribution in [-0.2, 0) is 22.3 Å². The van der Waals surface area contributed by atoms with Gasteiger partial charge in [0.1, 0.15) is 0 Å². The molecule has 0 saturated carbocycles. The average molecular weight is 325 g/mol. The largest absolute Gasteiger partial charge is 0.478 e. The van der Waals surface area contributed by atoms with Crippen molar-refractivity contribution in [2.45, 2.75) is 12.3 Å². The Kier molecular flexibility index (Phi) is 4.76. The smallest absolute Gasteiger partial charge is 0.335 e. The van der Waals surface area contributed by atoms with Gasteiger partial charge in [0.05, 0.1) is 11.3 Å². The molecule has 0 unspecified atom stereocenters. The molecule has 1 heterocycles. The van der Waals surface area contributed by atoms with Crippen molar-refractivity contribution in [3.8, 4) is 0 Å². The summed E-state index contributed by atoms with van der Waals surface area (Å²) in [5.74, 6) is -1.28. The van der Waals surface area contributed by atoms with E-state index in [2.05, 4.69) is 0 Å². The second kappa shape index (κ2) is 6.38. The van der Waals surface area contributed by atoms with Gasteiger partial charge in [-0.1, -0.05) is 12.1 Å². The van der Waals surface area contributed by atoms with E-state index < -0.39 is 16.0 Å². The molecule has 0 saturated heterocycles. The molecule has 2 rings (SSSR count). The Morgan fingerprint density at radius 2 is 2.05 bits per heavy atom. The predicted octanol–water partition coefficient (Wildman–Crippen LogP) is 2.41. The molecule has 0 fully saturated rings. The van der Waals surface area contributed by atoms with Crippen LogP contribution < -0.4 is 0 Å². The van der Waals surface area contributed by atoms with Crippen molar-refractivity contribution in [1.82, 2.24) is 4.31 Å². The number of thiophene rings is 1. The maximum Gasteiger partial charge on any atom is 0.335 e. The number of carboxylic acids is 1. The summed E-state index contributed by atoms with van der Waals surface area (Å²) in [4.78, 5) is 10.9. The third-order valence-corrected chi connectivity index (χ3v) is 5.49. The van der Waals surface area contributed by atoms with E-state index in [1.165, 1.54) is 34.8 Å². The van der Waals surface area contributed by atoms with E-state index in [0.29, 0.717) is 12.1 Å². The molecule has 5 nitrogen and oxygen atoms in total. The number of nitrogens with zero attached hydrogens (tertiary/aromatic N) is 1. The molecule has 0 aliphatic heterocycles. The minimum atomic E-state index is -3.49. The second-order valence-electron chi connectivity index (χ2n) is 4.65. The zero-order chi connectivity index (χ0) is 15.5. The predicted molar refractivity (Wildman–Crippen MR) is 81.8 cm³/mol. The maximum atomic E-state index is 12.3.